The summed E-state index contributed by atoms with van der Waals surface area (Å²) in [6.45, 7) is 10.8. The van der Waals surface area contributed by atoms with Gasteiger partial charge in [0.05, 0.1) is 42.8 Å². The first-order valence-electron chi connectivity index (χ1n) is 11.1. The van der Waals surface area contributed by atoms with Gasteiger partial charge in [-0.1, -0.05) is 12.1 Å². The zero-order valence-corrected chi connectivity index (χ0v) is 21.7. The van der Waals surface area contributed by atoms with E-state index in [1.54, 1.807) is 52.8 Å². The minimum absolute atomic E-state index is 0.0419. The van der Waals surface area contributed by atoms with Gasteiger partial charge in [-0.2, -0.15) is 5.26 Å². The molecule has 1 aromatic rings. The molecule has 0 aliphatic carbocycles. The van der Waals surface area contributed by atoms with Crippen molar-refractivity contribution in [2.45, 2.75) is 50.5 Å². The van der Waals surface area contributed by atoms with Crippen molar-refractivity contribution >= 4 is 21.8 Å². The third kappa shape index (κ3) is 11.4. The van der Waals surface area contributed by atoms with Crippen molar-refractivity contribution in [3.8, 4) is 6.07 Å². The first-order chi connectivity index (χ1) is 16.3. The van der Waals surface area contributed by atoms with Gasteiger partial charge in [-0.15, -0.1) is 0 Å². The lowest BCUT2D eigenvalue weighted by atomic mass is 9.84. The second-order valence-electron chi connectivity index (χ2n) is 9.04. The molecule has 0 saturated heterocycles. The summed E-state index contributed by atoms with van der Waals surface area (Å²) in [7, 11) is -3.70. The zero-order valence-electron chi connectivity index (χ0n) is 20.9. The highest BCUT2D eigenvalue weighted by Crippen LogP contribution is 2.25. The average Bonchev–Trinajstić information content (AvgIpc) is 2.77. The van der Waals surface area contributed by atoms with E-state index in [4.69, 9.17) is 19.5 Å². The van der Waals surface area contributed by atoms with Crippen LogP contribution in [0.25, 0.3) is 0 Å². The van der Waals surface area contributed by atoms with E-state index in [0.717, 1.165) is 11.5 Å². The number of amides is 2. The van der Waals surface area contributed by atoms with Gasteiger partial charge in [0.25, 0.3) is 0 Å². The van der Waals surface area contributed by atoms with Crippen LogP contribution in [0.1, 0.15) is 40.2 Å². The molecule has 0 aromatic heterocycles. The first kappa shape index (κ1) is 30.1. The average molecular weight is 510 g/mol. The number of alkyl carbamates (subject to hydrolysis) is 1. The molecule has 1 aromatic carbocycles. The van der Waals surface area contributed by atoms with E-state index in [-0.39, 0.29) is 10.8 Å². The van der Waals surface area contributed by atoms with Crippen molar-refractivity contribution in [3.05, 3.63) is 41.3 Å². The molecule has 0 aliphatic rings. The van der Waals surface area contributed by atoms with Crippen LogP contribution in [-0.2, 0) is 34.3 Å². The number of carbonyl (C=O) groups is 2. The molecule has 1 rings (SSSR count). The predicted octanol–water partition coefficient (Wildman–Crippen LogP) is 2.45. The van der Waals surface area contributed by atoms with Crippen molar-refractivity contribution in [3.63, 3.8) is 0 Å². The zero-order chi connectivity index (χ0) is 26.5. The maximum atomic E-state index is 12.6. The summed E-state index contributed by atoms with van der Waals surface area (Å²) in [6.07, 6.45) is 0.406. The lowest BCUT2D eigenvalue weighted by molar-refractivity contribution is -0.125. The summed E-state index contributed by atoms with van der Waals surface area (Å²) < 4.78 is 40.1. The molecule has 0 fully saturated rings. The highest BCUT2D eigenvalue weighted by Gasteiger charge is 2.29. The van der Waals surface area contributed by atoms with E-state index in [0.29, 0.717) is 45.1 Å². The Morgan fingerprint density at radius 1 is 0.943 bits per heavy atom. The Morgan fingerprint density at radius 3 is 2.00 bits per heavy atom. The number of ether oxygens (including phenoxy) is 3. The highest BCUT2D eigenvalue weighted by atomic mass is 32.2. The Labute approximate surface area is 207 Å². The van der Waals surface area contributed by atoms with Gasteiger partial charge in [0.2, 0.25) is 15.7 Å². The molecular formula is C24H35N3O7S. The summed E-state index contributed by atoms with van der Waals surface area (Å²) in [4.78, 5) is 24.2. The van der Waals surface area contributed by atoms with Crippen LogP contribution in [0, 0.1) is 11.3 Å². The smallest absolute Gasteiger partial charge is 0.407 e. The van der Waals surface area contributed by atoms with Gasteiger partial charge >= 0.3 is 6.09 Å². The van der Waals surface area contributed by atoms with Crippen LogP contribution in [0.15, 0.2) is 40.6 Å². The molecule has 0 radical (unpaired) electrons. The Hall–Kier alpha value is -2.94. The van der Waals surface area contributed by atoms with E-state index in [1.165, 1.54) is 12.1 Å². The van der Waals surface area contributed by atoms with Crippen molar-refractivity contribution < 1.29 is 32.2 Å². The Balaban J connectivity index is 2.30. The third-order valence-corrected chi connectivity index (χ3v) is 6.04. The second kappa shape index (κ2) is 13.8. The molecule has 194 valence electrons. The van der Waals surface area contributed by atoms with E-state index >= 15 is 0 Å². The maximum Gasteiger partial charge on any atom is 0.407 e. The van der Waals surface area contributed by atoms with Crippen molar-refractivity contribution in [2.24, 2.45) is 0 Å². The molecule has 0 spiro atoms. The molecule has 11 heteroatoms. The van der Waals surface area contributed by atoms with Crippen molar-refractivity contribution in [2.75, 3.05) is 39.5 Å². The van der Waals surface area contributed by atoms with Gasteiger partial charge in [0, 0.05) is 24.6 Å². The summed E-state index contributed by atoms with van der Waals surface area (Å²) in [5, 5.41) is 14.8. The third-order valence-electron chi connectivity index (χ3n) is 4.61. The van der Waals surface area contributed by atoms with Crippen molar-refractivity contribution in [1.29, 1.82) is 5.26 Å². The van der Waals surface area contributed by atoms with Gasteiger partial charge in [-0.3, -0.25) is 4.79 Å². The number of allylic oxidation sites excluding steroid dienone is 1. The summed E-state index contributed by atoms with van der Waals surface area (Å²) in [5.41, 5.74) is -0.796. The van der Waals surface area contributed by atoms with Crippen LogP contribution in [0.3, 0.4) is 0 Å². The molecular weight excluding hydrogens is 474 g/mol. The molecule has 0 saturated carbocycles. The largest absolute Gasteiger partial charge is 0.444 e. The number of hydrogen-bond donors (Lipinski definition) is 2. The fraction of sp³-hybridized carbons (Fsp3) is 0.542. The number of rotatable bonds is 13. The maximum absolute atomic E-state index is 12.6. The molecule has 35 heavy (non-hydrogen) atoms. The van der Waals surface area contributed by atoms with Crippen LogP contribution in [-0.4, -0.2) is 65.5 Å². The molecule has 10 nitrogen and oxygen atoms in total. The van der Waals surface area contributed by atoms with Gasteiger partial charge in [-0.25, -0.2) is 13.2 Å². The lowest BCUT2D eigenvalue weighted by Crippen LogP contribution is -2.41. The molecule has 0 heterocycles. The Bertz CT molecular complexity index is 1010. The molecule has 0 aliphatic heterocycles. The van der Waals surface area contributed by atoms with E-state index in [2.05, 4.69) is 10.6 Å². The van der Waals surface area contributed by atoms with Gasteiger partial charge in [0.15, 0.2) is 0 Å². The second-order valence-corrected chi connectivity index (χ2v) is 10.9. The molecule has 2 amide bonds. The predicted molar refractivity (Wildman–Crippen MR) is 130 cm³/mol. The first-order valence-corrected chi connectivity index (χ1v) is 12.7. The number of carbonyl (C=O) groups excluding carboxylic acids is 2. The Kier molecular flexibility index (Phi) is 11.9. The number of hydrogen-bond acceptors (Lipinski definition) is 8. The SMILES string of the molecule is CC(C)(C)OC(=O)NCCOCCOCCNC(=O)C(C)(C)c1ccc(S(=O)(=O)C=CC#N)cc1. The standard InChI is InChI=1S/C24H35N3O7S/c1-23(2,3)34-22(29)27-13-15-33-17-16-32-14-12-26-21(28)24(4,5)19-7-9-20(10-8-19)35(30,31)18-6-11-25/h6-10,18H,12-17H2,1-5H3,(H,26,28)(H,27,29). The Morgan fingerprint density at radius 2 is 1.49 bits per heavy atom. The summed E-state index contributed by atoms with van der Waals surface area (Å²) >= 11 is 0. The van der Waals surface area contributed by atoms with E-state index in [9.17, 15) is 18.0 Å². The lowest BCUT2D eigenvalue weighted by Gasteiger charge is -2.24. The van der Waals surface area contributed by atoms with Crippen LogP contribution >= 0.6 is 0 Å². The van der Waals surface area contributed by atoms with Gasteiger partial charge < -0.3 is 24.8 Å². The number of nitrogens with zero attached hydrogens (tertiary/aromatic N) is 1. The van der Waals surface area contributed by atoms with Crippen LogP contribution < -0.4 is 10.6 Å². The van der Waals surface area contributed by atoms with Crippen LogP contribution in [0.2, 0.25) is 0 Å². The molecule has 0 unspecified atom stereocenters. The minimum atomic E-state index is -3.70. The number of benzene rings is 1. The summed E-state index contributed by atoms with van der Waals surface area (Å²) in [5.74, 6) is -0.231. The number of nitrogens with one attached hydrogen (secondary N) is 2. The fourth-order valence-electron chi connectivity index (χ4n) is 2.71. The minimum Gasteiger partial charge on any atom is -0.444 e. The molecule has 0 bridgehead atoms. The normalized spacial score (nSPS) is 12.2. The fourth-order valence-corrected chi connectivity index (χ4v) is 3.62. The van der Waals surface area contributed by atoms with Gasteiger partial charge in [0.1, 0.15) is 5.60 Å². The topological polar surface area (TPSA) is 144 Å². The quantitative estimate of drug-likeness (QED) is 0.305. The number of sulfone groups is 1. The van der Waals surface area contributed by atoms with Crippen LogP contribution in [0.4, 0.5) is 4.79 Å². The monoisotopic (exact) mass is 509 g/mol. The number of nitriles is 1. The van der Waals surface area contributed by atoms with E-state index in [1.807, 2.05) is 0 Å². The summed E-state index contributed by atoms with van der Waals surface area (Å²) in [6, 6.07) is 7.63. The molecule has 0 atom stereocenters. The van der Waals surface area contributed by atoms with Gasteiger partial charge in [-0.05, 0) is 52.3 Å². The highest BCUT2D eigenvalue weighted by molar-refractivity contribution is 7.94. The van der Waals surface area contributed by atoms with E-state index < -0.39 is 26.9 Å². The van der Waals surface area contributed by atoms with Crippen molar-refractivity contribution in [1.82, 2.24) is 10.6 Å². The molecule has 2 N–H and O–H groups in total. The van der Waals surface area contributed by atoms with Crippen LogP contribution in [0.5, 0.6) is 0 Å².